The van der Waals surface area contributed by atoms with Crippen LogP contribution >= 0.6 is 11.6 Å². The Labute approximate surface area is 170 Å². The van der Waals surface area contributed by atoms with Gasteiger partial charge in [-0.1, -0.05) is 11.6 Å². The van der Waals surface area contributed by atoms with E-state index >= 15 is 0 Å². The molecule has 4 rings (SSSR count). The molecule has 1 aliphatic heterocycles. The third-order valence-corrected chi connectivity index (χ3v) is 5.11. The molecule has 1 amide bonds. The standard InChI is InChI=1S/C20H18ClF2N5O/c21-15-6-5-14(9-16(15)23)25-20-19(12-1-3-13(22)4-2-12)26-17-11-27(18(29)10-24)7-8-28(17)20/h1-6,9,25H,7-8,10-11,24H2. The molecule has 150 valence electrons. The second kappa shape index (κ2) is 7.81. The molecule has 6 nitrogen and oxygen atoms in total. The Balaban J connectivity index is 1.77. The number of nitrogens with one attached hydrogen (secondary N) is 1. The number of amides is 1. The summed E-state index contributed by atoms with van der Waals surface area (Å²) in [6.45, 7) is 1.21. The first kappa shape index (κ1) is 19.4. The molecule has 1 aliphatic rings. The summed E-state index contributed by atoms with van der Waals surface area (Å²) in [7, 11) is 0. The van der Waals surface area contributed by atoms with Crippen molar-refractivity contribution in [3.63, 3.8) is 0 Å². The first-order chi connectivity index (χ1) is 14.0. The van der Waals surface area contributed by atoms with Crippen molar-refractivity contribution in [1.29, 1.82) is 0 Å². The fourth-order valence-electron chi connectivity index (χ4n) is 3.32. The fourth-order valence-corrected chi connectivity index (χ4v) is 3.44. The molecule has 0 saturated heterocycles. The zero-order valence-corrected chi connectivity index (χ0v) is 16.1. The zero-order valence-electron chi connectivity index (χ0n) is 15.3. The number of hydrogen-bond donors (Lipinski definition) is 2. The summed E-state index contributed by atoms with van der Waals surface area (Å²) in [5.74, 6) is 0.240. The second-order valence-electron chi connectivity index (χ2n) is 6.66. The van der Waals surface area contributed by atoms with Crippen LogP contribution < -0.4 is 11.1 Å². The number of fused-ring (bicyclic) bond motifs is 1. The van der Waals surface area contributed by atoms with Gasteiger partial charge in [-0.05, 0) is 42.5 Å². The molecule has 0 bridgehead atoms. The van der Waals surface area contributed by atoms with Gasteiger partial charge < -0.3 is 20.5 Å². The summed E-state index contributed by atoms with van der Waals surface area (Å²) in [6.07, 6.45) is 0. The highest BCUT2D eigenvalue weighted by atomic mass is 35.5. The molecule has 0 saturated carbocycles. The highest BCUT2D eigenvalue weighted by Crippen LogP contribution is 2.34. The Hall–Kier alpha value is -2.97. The molecule has 9 heteroatoms. The predicted octanol–water partition coefficient (Wildman–Crippen LogP) is 3.53. The van der Waals surface area contributed by atoms with Crippen molar-refractivity contribution in [1.82, 2.24) is 14.5 Å². The first-order valence-corrected chi connectivity index (χ1v) is 9.39. The smallest absolute Gasteiger partial charge is 0.236 e. The van der Waals surface area contributed by atoms with Crippen molar-refractivity contribution in [2.75, 3.05) is 18.4 Å². The molecule has 0 atom stereocenters. The zero-order chi connectivity index (χ0) is 20.5. The van der Waals surface area contributed by atoms with Crippen LogP contribution in [0.2, 0.25) is 5.02 Å². The van der Waals surface area contributed by atoms with E-state index in [9.17, 15) is 13.6 Å². The number of anilines is 2. The van der Waals surface area contributed by atoms with E-state index in [1.54, 1.807) is 23.1 Å². The lowest BCUT2D eigenvalue weighted by atomic mass is 10.1. The lowest BCUT2D eigenvalue weighted by molar-refractivity contribution is -0.131. The Morgan fingerprint density at radius 1 is 1.17 bits per heavy atom. The third kappa shape index (κ3) is 3.81. The highest BCUT2D eigenvalue weighted by molar-refractivity contribution is 6.30. The van der Waals surface area contributed by atoms with Gasteiger partial charge in [0.1, 0.15) is 29.0 Å². The average Bonchev–Trinajstić information content (AvgIpc) is 3.08. The SMILES string of the molecule is NCC(=O)N1CCn2c(nc(-c3ccc(F)cc3)c2Nc2ccc(Cl)c(F)c2)C1. The summed E-state index contributed by atoms with van der Waals surface area (Å²) in [6, 6.07) is 10.4. The van der Waals surface area contributed by atoms with E-state index in [4.69, 9.17) is 17.3 Å². The number of rotatable bonds is 4. The number of hydrogen-bond acceptors (Lipinski definition) is 4. The van der Waals surface area contributed by atoms with Gasteiger partial charge in [0.2, 0.25) is 5.91 Å². The topological polar surface area (TPSA) is 76.2 Å². The van der Waals surface area contributed by atoms with Crippen LogP contribution in [0, 0.1) is 11.6 Å². The predicted molar refractivity (Wildman–Crippen MR) is 107 cm³/mol. The number of nitrogens with zero attached hydrogens (tertiary/aromatic N) is 3. The minimum atomic E-state index is -0.543. The van der Waals surface area contributed by atoms with Crippen molar-refractivity contribution < 1.29 is 13.6 Å². The lowest BCUT2D eigenvalue weighted by Crippen LogP contribution is -2.41. The van der Waals surface area contributed by atoms with Crippen molar-refractivity contribution in [3.05, 3.63) is 64.9 Å². The van der Waals surface area contributed by atoms with Gasteiger partial charge in [0.05, 0.1) is 18.1 Å². The van der Waals surface area contributed by atoms with Gasteiger partial charge in [-0.2, -0.15) is 0 Å². The van der Waals surface area contributed by atoms with Crippen molar-refractivity contribution >= 4 is 29.0 Å². The Morgan fingerprint density at radius 2 is 1.93 bits per heavy atom. The van der Waals surface area contributed by atoms with E-state index < -0.39 is 5.82 Å². The van der Waals surface area contributed by atoms with E-state index in [0.717, 1.165) is 0 Å². The number of imidazole rings is 1. The molecule has 0 aliphatic carbocycles. The summed E-state index contributed by atoms with van der Waals surface area (Å²) in [5, 5.41) is 3.23. The van der Waals surface area contributed by atoms with Crippen molar-refractivity contribution in [2.24, 2.45) is 5.73 Å². The summed E-state index contributed by atoms with van der Waals surface area (Å²) in [4.78, 5) is 18.3. The lowest BCUT2D eigenvalue weighted by Gasteiger charge is -2.28. The molecule has 29 heavy (non-hydrogen) atoms. The number of carbonyl (C=O) groups excluding carboxylic acids is 1. The van der Waals surface area contributed by atoms with Gasteiger partial charge in [0.25, 0.3) is 0 Å². The fraction of sp³-hybridized carbons (Fsp3) is 0.200. The van der Waals surface area contributed by atoms with Crippen molar-refractivity contribution in [3.8, 4) is 11.3 Å². The van der Waals surface area contributed by atoms with Crippen LogP contribution in [0.15, 0.2) is 42.5 Å². The van der Waals surface area contributed by atoms with Gasteiger partial charge in [0, 0.05) is 24.3 Å². The molecule has 1 aromatic heterocycles. The molecule has 0 fully saturated rings. The highest BCUT2D eigenvalue weighted by Gasteiger charge is 2.26. The quantitative estimate of drug-likeness (QED) is 0.681. The second-order valence-corrected chi connectivity index (χ2v) is 7.06. The number of nitrogens with two attached hydrogens (primary N) is 1. The number of aromatic nitrogens is 2. The Morgan fingerprint density at radius 3 is 2.62 bits per heavy atom. The van der Waals surface area contributed by atoms with E-state index in [1.165, 1.54) is 24.3 Å². The maximum Gasteiger partial charge on any atom is 0.236 e. The van der Waals surface area contributed by atoms with Gasteiger partial charge in [-0.3, -0.25) is 4.79 Å². The van der Waals surface area contributed by atoms with E-state index in [2.05, 4.69) is 10.3 Å². The molecule has 2 aromatic carbocycles. The third-order valence-electron chi connectivity index (χ3n) is 4.80. The first-order valence-electron chi connectivity index (χ1n) is 9.01. The van der Waals surface area contributed by atoms with Crippen LogP contribution in [0.4, 0.5) is 20.3 Å². The van der Waals surface area contributed by atoms with Crippen LogP contribution in [0.3, 0.4) is 0 Å². The monoisotopic (exact) mass is 417 g/mol. The van der Waals surface area contributed by atoms with Gasteiger partial charge in [0.15, 0.2) is 0 Å². The van der Waals surface area contributed by atoms with Crippen molar-refractivity contribution in [2.45, 2.75) is 13.1 Å². The van der Waals surface area contributed by atoms with Gasteiger partial charge in [-0.25, -0.2) is 13.8 Å². The average molecular weight is 418 g/mol. The molecule has 0 radical (unpaired) electrons. The molecular formula is C20H18ClF2N5O. The van der Waals surface area contributed by atoms with Crippen LogP contribution in [0.1, 0.15) is 5.82 Å². The molecule has 3 N–H and O–H groups in total. The van der Waals surface area contributed by atoms with Crippen LogP contribution in [0.5, 0.6) is 0 Å². The molecule has 2 heterocycles. The number of halogens is 3. The maximum absolute atomic E-state index is 13.9. The maximum atomic E-state index is 13.9. The van der Waals surface area contributed by atoms with Gasteiger partial charge >= 0.3 is 0 Å². The number of carbonyl (C=O) groups is 1. The Kier molecular flexibility index (Phi) is 5.21. The minimum absolute atomic E-state index is 0.0283. The minimum Gasteiger partial charge on any atom is -0.340 e. The summed E-state index contributed by atoms with van der Waals surface area (Å²) >= 11 is 5.78. The van der Waals surface area contributed by atoms with E-state index in [1.807, 2.05) is 4.57 Å². The normalized spacial score (nSPS) is 13.3. The molecule has 0 unspecified atom stereocenters. The molecule has 0 spiro atoms. The Bertz CT molecular complexity index is 1070. The van der Waals surface area contributed by atoms with Crippen LogP contribution in [-0.2, 0) is 17.9 Å². The molecular weight excluding hydrogens is 400 g/mol. The number of benzene rings is 2. The summed E-state index contributed by atoms with van der Waals surface area (Å²) in [5.41, 5.74) is 7.25. The van der Waals surface area contributed by atoms with Gasteiger partial charge in [-0.15, -0.1) is 0 Å². The summed E-state index contributed by atoms with van der Waals surface area (Å²) < 4.78 is 29.2. The van der Waals surface area contributed by atoms with E-state index in [0.29, 0.717) is 48.2 Å². The largest absolute Gasteiger partial charge is 0.340 e. The van der Waals surface area contributed by atoms with Crippen LogP contribution in [0.25, 0.3) is 11.3 Å². The van der Waals surface area contributed by atoms with Crippen LogP contribution in [-0.4, -0.2) is 33.4 Å². The van der Waals surface area contributed by atoms with E-state index in [-0.39, 0.29) is 23.3 Å². The molecule has 3 aromatic rings.